The van der Waals surface area contributed by atoms with Crippen LogP contribution in [0.1, 0.15) is 20.8 Å². The van der Waals surface area contributed by atoms with Gasteiger partial charge >= 0.3 is 6.03 Å². The molecule has 0 saturated heterocycles. The number of urea groups is 1. The van der Waals surface area contributed by atoms with Crippen LogP contribution >= 0.6 is 0 Å². The molecule has 1 N–H and O–H groups in total. The molecule has 5 nitrogen and oxygen atoms in total. The van der Waals surface area contributed by atoms with E-state index in [4.69, 9.17) is 9.47 Å². The standard InChI is InChI=1S/C14H22N2O3/c1-5-16(4)14(17)15-12-10-11(18-6-2)8-9-13(12)19-7-3/h8-10H,5-7H2,1-4H3,(H,15,17). The largest absolute Gasteiger partial charge is 0.494 e. The van der Waals surface area contributed by atoms with E-state index < -0.39 is 0 Å². The molecule has 2 amide bonds. The molecule has 0 aliphatic carbocycles. The Morgan fingerprint density at radius 2 is 1.89 bits per heavy atom. The number of carbonyl (C=O) groups is 1. The minimum absolute atomic E-state index is 0.169. The van der Waals surface area contributed by atoms with Gasteiger partial charge in [0.05, 0.1) is 18.9 Å². The van der Waals surface area contributed by atoms with Gasteiger partial charge in [0.25, 0.3) is 0 Å². The number of rotatable bonds is 6. The van der Waals surface area contributed by atoms with Gasteiger partial charge < -0.3 is 19.7 Å². The van der Waals surface area contributed by atoms with Crippen molar-refractivity contribution >= 4 is 11.7 Å². The van der Waals surface area contributed by atoms with E-state index in [1.54, 1.807) is 24.1 Å². The molecule has 0 aromatic heterocycles. The zero-order valence-corrected chi connectivity index (χ0v) is 12.0. The van der Waals surface area contributed by atoms with Crippen molar-refractivity contribution in [3.8, 4) is 11.5 Å². The molecular formula is C14H22N2O3. The first-order chi connectivity index (χ1) is 9.12. The van der Waals surface area contributed by atoms with Crippen molar-refractivity contribution in [1.82, 2.24) is 4.90 Å². The minimum Gasteiger partial charge on any atom is -0.494 e. The van der Waals surface area contributed by atoms with Crippen LogP contribution in [-0.2, 0) is 0 Å². The number of anilines is 1. The van der Waals surface area contributed by atoms with Crippen LogP contribution in [0.3, 0.4) is 0 Å². The van der Waals surface area contributed by atoms with E-state index in [1.165, 1.54) is 0 Å². The van der Waals surface area contributed by atoms with Gasteiger partial charge in [0.15, 0.2) is 0 Å². The fourth-order valence-electron chi connectivity index (χ4n) is 1.50. The molecule has 0 fully saturated rings. The van der Waals surface area contributed by atoms with Crippen LogP contribution in [0.5, 0.6) is 11.5 Å². The number of benzene rings is 1. The van der Waals surface area contributed by atoms with Crippen LogP contribution in [0.25, 0.3) is 0 Å². The molecule has 0 radical (unpaired) electrons. The highest BCUT2D eigenvalue weighted by Gasteiger charge is 2.11. The first-order valence-electron chi connectivity index (χ1n) is 6.54. The maximum Gasteiger partial charge on any atom is 0.321 e. The second-order valence-corrected chi connectivity index (χ2v) is 3.97. The monoisotopic (exact) mass is 266 g/mol. The molecule has 1 rings (SSSR count). The Bertz CT molecular complexity index is 421. The molecule has 1 aromatic rings. The summed E-state index contributed by atoms with van der Waals surface area (Å²) < 4.78 is 10.9. The SMILES string of the molecule is CCOc1ccc(OCC)c(NC(=O)N(C)CC)c1. The molecule has 0 saturated carbocycles. The predicted molar refractivity (Wildman–Crippen MR) is 76.1 cm³/mol. The maximum atomic E-state index is 11.9. The van der Waals surface area contributed by atoms with E-state index in [-0.39, 0.29) is 6.03 Å². The lowest BCUT2D eigenvalue weighted by atomic mass is 10.2. The van der Waals surface area contributed by atoms with Gasteiger partial charge in [-0.3, -0.25) is 0 Å². The van der Waals surface area contributed by atoms with E-state index in [9.17, 15) is 4.79 Å². The van der Waals surface area contributed by atoms with Gasteiger partial charge in [0.1, 0.15) is 11.5 Å². The number of amides is 2. The molecule has 0 atom stereocenters. The zero-order valence-electron chi connectivity index (χ0n) is 12.0. The summed E-state index contributed by atoms with van der Waals surface area (Å²) in [5.74, 6) is 1.35. The summed E-state index contributed by atoms with van der Waals surface area (Å²) in [7, 11) is 1.74. The summed E-state index contributed by atoms with van der Waals surface area (Å²) in [5, 5.41) is 2.83. The highest BCUT2D eigenvalue weighted by molar-refractivity contribution is 5.91. The molecule has 1 aromatic carbocycles. The van der Waals surface area contributed by atoms with Crippen LogP contribution < -0.4 is 14.8 Å². The fourth-order valence-corrected chi connectivity index (χ4v) is 1.50. The van der Waals surface area contributed by atoms with Gasteiger partial charge in [-0.15, -0.1) is 0 Å². The van der Waals surface area contributed by atoms with Crippen molar-refractivity contribution in [2.24, 2.45) is 0 Å². The maximum absolute atomic E-state index is 11.9. The molecule has 106 valence electrons. The molecule has 0 heterocycles. The number of hydrogen-bond donors (Lipinski definition) is 1. The van der Waals surface area contributed by atoms with Crippen molar-refractivity contribution in [3.63, 3.8) is 0 Å². The van der Waals surface area contributed by atoms with Gasteiger partial charge in [0, 0.05) is 19.7 Å². The lowest BCUT2D eigenvalue weighted by Gasteiger charge is -2.18. The van der Waals surface area contributed by atoms with Gasteiger partial charge in [0.2, 0.25) is 0 Å². The average molecular weight is 266 g/mol. The number of ether oxygens (including phenoxy) is 2. The van der Waals surface area contributed by atoms with Crippen LogP contribution in [0.4, 0.5) is 10.5 Å². The fraction of sp³-hybridized carbons (Fsp3) is 0.500. The zero-order chi connectivity index (χ0) is 14.3. The minimum atomic E-state index is -0.169. The van der Waals surface area contributed by atoms with E-state index in [2.05, 4.69) is 5.32 Å². The highest BCUT2D eigenvalue weighted by atomic mass is 16.5. The Labute approximate surface area is 114 Å². The van der Waals surface area contributed by atoms with Crippen molar-refractivity contribution in [3.05, 3.63) is 18.2 Å². The topological polar surface area (TPSA) is 50.8 Å². The van der Waals surface area contributed by atoms with E-state index in [1.807, 2.05) is 26.8 Å². The number of carbonyl (C=O) groups excluding carboxylic acids is 1. The smallest absolute Gasteiger partial charge is 0.321 e. The summed E-state index contributed by atoms with van der Waals surface area (Å²) in [6.07, 6.45) is 0. The Hall–Kier alpha value is -1.91. The third kappa shape index (κ3) is 4.35. The van der Waals surface area contributed by atoms with Crippen LogP contribution in [0, 0.1) is 0 Å². The van der Waals surface area contributed by atoms with Gasteiger partial charge in [-0.2, -0.15) is 0 Å². The first kappa shape index (κ1) is 15.1. The van der Waals surface area contributed by atoms with Crippen LogP contribution in [0.2, 0.25) is 0 Å². The van der Waals surface area contributed by atoms with E-state index in [0.29, 0.717) is 36.9 Å². The van der Waals surface area contributed by atoms with E-state index in [0.717, 1.165) is 0 Å². The molecule has 5 heteroatoms. The normalized spacial score (nSPS) is 9.89. The number of hydrogen-bond acceptors (Lipinski definition) is 3. The van der Waals surface area contributed by atoms with Crippen LogP contribution in [0.15, 0.2) is 18.2 Å². The van der Waals surface area contributed by atoms with Crippen LogP contribution in [-0.4, -0.2) is 37.7 Å². The summed E-state index contributed by atoms with van der Waals surface area (Å²) in [5.41, 5.74) is 0.623. The molecular weight excluding hydrogens is 244 g/mol. The summed E-state index contributed by atoms with van der Waals surface area (Å²) >= 11 is 0. The summed E-state index contributed by atoms with van der Waals surface area (Å²) in [6, 6.07) is 5.23. The second kappa shape index (κ2) is 7.51. The Kier molecular flexibility index (Phi) is 5.99. The Balaban J connectivity index is 2.93. The molecule has 0 aliphatic rings. The Morgan fingerprint density at radius 1 is 1.21 bits per heavy atom. The van der Waals surface area contributed by atoms with Crippen molar-refractivity contribution in [1.29, 1.82) is 0 Å². The summed E-state index contributed by atoms with van der Waals surface area (Å²) in [4.78, 5) is 13.5. The quantitative estimate of drug-likeness (QED) is 0.861. The van der Waals surface area contributed by atoms with E-state index >= 15 is 0 Å². The first-order valence-corrected chi connectivity index (χ1v) is 6.54. The van der Waals surface area contributed by atoms with Crippen molar-refractivity contribution in [2.75, 3.05) is 32.1 Å². The molecule has 0 aliphatic heterocycles. The predicted octanol–water partition coefficient (Wildman–Crippen LogP) is 2.97. The van der Waals surface area contributed by atoms with Crippen molar-refractivity contribution < 1.29 is 14.3 Å². The molecule has 19 heavy (non-hydrogen) atoms. The third-order valence-electron chi connectivity index (χ3n) is 2.62. The third-order valence-corrected chi connectivity index (χ3v) is 2.62. The molecule has 0 unspecified atom stereocenters. The lowest BCUT2D eigenvalue weighted by Crippen LogP contribution is -2.31. The highest BCUT2D eigenvalue weighted by Crippen LogP contribution is 2.29. The number of nitrogens with one attached hydrogen (secondary N) is 1. The van der Waals surface area contributed by atoms with Gasteiger partial charge in [-0.05, 0) is 32.9 Å². The molecule has 0 spiro atoms. The van der Waals surface area contributed by atoms with Gasteiger partial charge in [-0.25, -0.2) is 4.79 Å². The lowest BCUT2D eigenvalue weighted by molar-refractivity contribution is 0.224. The molecule has 0 bridgehead atoms. The second-order valence-electron chi connectivity index (χ2n) is 3.97. The average Bonchev–Trinajstić information content (AvgIpc) is 2.41. The number of nitrogens with zero attached hydrogens (tertiary/aromatic N) is 1. The van der Waals surface area contributed by atoms with Crippen molar-refractivity contribution in [2.45, 2.75) is 20.8 Å². The Morgan fingerprint density at radius 3 is 2.47 bits per heavy atom. The van der Waals surface area contributed by atoms with Gasteiger partial charge in [-0.1, -0.05) is 0 Å². The summed E-state index contributed by atoms with van der Waals surface area (Å²) in [6.45, 7) is 7.50.